The van der Waals surface area contributed by atoms with Gasteiger partial charge in [0.25, 0.3) is 0 Å². The van der Waals surface area contributed by atoms with E-state index in [-0.39, 0.29) is 0 Å². The van der Waals surface area contributed by atoms with Gasteiger partial charge in [0.15, 0.2) is 5.16 Å². The van der Waals surface area contributed by atoms with E-state index in [1.807, 2.05) is 22.8 Å². The molecule has 0 saturated carbocycles. The molecule has 1 heterocycles. The zero-order chi connectivity index (χ0) is 12.3. The number of para-hydroxylation sites is 1. The first-order chi connectivity index (χ1) is 8.18. The van der Waals surface area contributed by atoms with Crippen molar-refractivity contribution in [2.45, 2.75) is 12.1 Å². The molecule has 1 aromatic heterocycles. The van der Waals surface area contributed by atoms with E-state index >= 15 is 0 Å². The SMILES string of the molecule is C=C(Cl)CSc1nncn1-c1ccccc1C. The fraction of sp³-hybridized carbons (Fsp3) is 0.167. The summed E-state index contributed by atoms with van der Waals surface area (Å²) in [6.45, 7) is 5.72. The number of halogens is 1. The Balaban J connectivity index is 2.31. The van der Waals surface area contributed by atoms with Gasteiger partial charge in [-0.05, 0) is 18.6 Å². The van der Waals surface area contributed by atoms with E-state index in [0.29, 0.717) is 10.8 Å². The molecule has 1 aromatic carbocycles. The predicted octanol–water partition coefficient (Wildman–Crippen LogP) is 3.42. The molecule has 3 nitrogen and oxygen atoms in total. The highest BCUT2D eigenvalue weighted by Gasteiger charge is 2.08. The zero-order valence-corrected chi connectivity index (χ0v) is 11.0. The Morgan fingerprint density at radius 1 is 1.47 bits per heavy atom. The molecule has 0 spiro atoms. The molecule has 0 amide bonds. The molecule has 0 fully saturated rings. The van der Waals surface area contributed by atoms with Gasteiger partial charge in [0.05, 0.1) is 5.69 Å². The summed E-state index contributed by atoms with van der Waals surface area (Å²) in [6, 6.07) is 8.11. The highest BCUT2D eigenvalue weighted by atomic mass is 35.5. The van der Waals surface area contributed by atoms with Crippen molar-refractivity contribution in [1.82, 2.24) is 14.8 Å². The molecule has 2 rings (SSSR count). The summed E-state index contributed by atoms with van der Waals surface area (Å²) in [4.78, 5) is 0. The molecule has 0 bridgehead atoms. The third-order valence-corrected chi connectivity index (χ3v) is 3.57. The Morgan fingerprint density at radius 2 is 2.24 bits per heavy atom. The molecule has 17 heavy (non-hydrogen) atoms. The van der Waals surface area contributed by atoms with Crippen molar-refractivity contribution in [3.05, 3.63) is 47.8 Å². The summed E-state index contributed by atoms with van der Waals surface area (Å²) in [5, 5.41) is 9.45. The number of aromatic nitrogens is 3. The third-order valence-electron chi connectivity index (χ3n) is 2.25. The maximum Gasteiger partial charge on any atom is 0.195 e. The maximum atomic E-state index is 5.75. The first kappa shape index (κ1) is 12.2. The van der Waals surface area contributed by atoms with Crippen LogP contribution in [0, 0.1) is 6.92 Å². The lowest BCUT2D eigenvalue weighted by Gasteiger charge is -2.08. The second kappa shape index (κ2) is 5.38. The van der Waals surface area contributed by atoms with Crippen LogP contribution in [-0.4, -0.2) is 20.5 Å². The van der Waals surface area contributed by atoms with Crippen LogP contribution in [0.1, 0.15) is 5.56 Å². The molecule has 0 unspecified atom stereocenters. The van der Waals surface area contributed by atoms with Crippen LogP contribution in [0.3, 0.4) is 0 Å². The molecule has 0 aliphatic heterocycles. The average molecular weight is 266 g/mol. The largest absolute Gasteiger partial charge is 0.276 e. The maximum absolute atomic E-state index is 5.75. The van der Waals surface area contributed by atoms with Gasteiger partial charge in [-0.1, -0.05) is 48.1 Å². The zero-order valence-electron chi connectivity index (χ0n) is 9.43. The molecular weight excluding hydrogens is 254 g/mol. The monoisotopic (exact) mass is 265 g/mol. The summed E-state index contributed by atoms with van der Waals surface area (Å²) < 4.78 is 1.96. The number of rotatable bonds is 4. The van der Waals surface area contributed by atoms with E-state index in [1.54, 1.807) is 6.33 Å². The predicted molar refractivity (Wildman–Crippen MR) is 71.8 cm³/mol. The lowest BCUT2D eigenvalue weighted by Crippen LogP contribution is -1.97. The fourth-order valence-electron chi connectivity index (χ4n) is 1.46. The van der Waals surface area contributed by atoms with Crippen LogP contribution in [0.15, 0.2) is 47.4 Å². The molecule has 5 heteroatoms. The number of benzene rings is 1. The summed E-state index contributed by atoms with van der Waals surface area (Å²) in [5.74, 6) is 0.631. The van der Waals surface area contributed by atoms with Crippen LogP contribution in [0.2, 0.25) is 0 Å². The van der Waals surface area contributed by atoms with Crippen molar-refractivity contribution < 1.29 is 0 Å². The van der Waals surface area contributed by atoms with Crippen LogP contribution in [0.25, 0.3) is 5.69 Å². The lowest BCUT2D eigenvalue weighted by atomic mass is 10.2. The van der Waals surface area contributed by atoms with Crippen LogP contribution in [-0.2, 0) is 0 Å². The second-order valence-electron chi connectivity index (χ2n) is 3.58. The fourth-order valence-corrected chi connectivity index (χ4v) is 2.30. The molecule has 0 atom stereocenters. The molecular formula is C12H12ClN3S. The molecule has 0 N–H and O–H groups in total. The first-order valence-electron chi connectivity index (χ1n) is 5.10. The van der Waals surface area contributed by atoms with Gasteiger partial charge in [0.2, 0.25) is 0 Å². The summed E-state index contributed by atoms with van der Waals surface area (Å²) in [7, 11) is 0. The number of hydrogen-bond acceptors (Lipinski definition) is 3. The Morgan fingerprint density at radius 3 is 2.94 bits per heavy atom. The Bertz CT molecular complexity index is 536. The molecule has 0 aliphatic rings. The normalized spacial score (nSPS) is 10.5. The average Bonchev–Trinajstić information content (AvgIpc) is 2.75. The summed E-state index contributed by atoms with van der Waals surface area (Å²) in [6.07, 6.45) is 1.71. The van der Waals surface area contributed by atoms with Gasteiger partial charge >= 0.3 is 0 Å². The highest BCUT2D eigenvalue weighted by molar-refractivity contribution is 7.99. The number of aryl methyl sites for hydroxylation is 1. The van der Waals surface area contributed by atoms with Crippen LogP contribution in [0.4, 0.5) is 0 Å². The molecule has 0 saturated heterocycles. The van der Waals surface area contributed by atoms with E-state index in [9.17, 15) is 0 Å². The van der Waals surface area contributed by atoms with Crippen molar-refractivity contribution >= 4 is 23.4 Å². The van der Waals surface area contributed by atoms with Gasteiger partial charge < -0.3 is 0 Å². The third kappa shape index (κ3) is 2.90. The van der Waals surface area contributed by atoms with Gasteiger partial charge in [-0.25, -0.2) is 0 Å². The Labute approximate surface area is 110 Å². The molecule has 88 valence electrons. The van der Waals surface area contributed by atoms with Gasteiger partial charge in [-0.2, -0.15) is 0 Å². The topological polar surface area (TPSA) is 30.7 Å². The van der Waals surface area contributed by atoms with E-state index in [0.717, 1.165) is 10.8 Å². The van der Waals surface area contributed by atoms with Gasteiger partial charge in [-0.3, -0.25) is 4.57 Å². The molecule has 0 radical (unpaired) electrons. The number of thioether (sulfide) groups is 1. The second-order valence-corrected chi connectivity index (χ2v) is 5.05. The van der Waals surface area contributed by atoms with Crippen molar-refractivity contribution in [3.63, 3.8) is 0 Å². The minimum absolute atomic E-state index is 0.606. The quantitative estimate of drug-likeness (QED) is 0.794. The summed E-state index contributed by atoms with van der Waals surface area (Å²) >= 11 is 7.27. The number of hydrogen-bond donors (Lipinski definition) is 0. The first-order valence-corrected chi connectivity index (χ1v) is 6.47. The smallest absolute Gasteiger partial charge is 0.195 e. The van der Waals surface area contributed by atoms with Crippen molar-refractivity contribution in [2.24, 2.45) is 0 Å². The van der Waals surface area contributed by atoms with Gasteiger partial charge in [-0.15, -0.1) is 10.2 Å². The molecule has 2 aromatic rings. The lowest BCUT2D eigenvalue weighted by molar-refractivity contribution is 0.879. The Kier molecular flexibility index (Phi) is 3.86. The number of nitrogens with zero attached hydrogens (tertiary/aromatic N) is 3. The van der Waals surface area contributed by atoms with Gasteiger partial charge in [0.1, 0.15) is 6.33 Å². The molecule has 0 aliphatic carbocycles. The van der Waals surface area contributed by atoms with Crippen LogP contribution < -0.4 is 0 Å². The van der Waals surface area contributed by atoms with Crippen LogP contribution in [0.5, 0.6) is 0 Å². The van der Waals surface area contributed by atoms with E-state index in [1.165, 1.54) is 17.3 Å². The highest BCUT2D eigenvalue weighted by Crippen LogP contribution is 2.23. The Hall–Kier alpha value is -1.26. The van der Waals surface area contributed by atoms with Crippen molar-refractivity contribution in [2.75, 3.05) is 5.75 Å². The van der Waals surface area contributed by atoms with E-state index < -0.39 is 0 Å². The minimum Gasteiger partial charge on any atom is -0.276 e. The van der Waals surface area contributed by atoms with Crippen molar-refractivity contribution in [1.29, 1.82) is 0 Å². The van der Waals surface area contributed by atoms with E-state index in [4.69, 9.17) is 11.6 Å². The van der Waals surface area contributed by atoms with Gasteiger partial charge in [0, 0.05) is 10.8 Å². The minimum atomic E-state index is 0.606. The van der Waals surface area contributed by atoms with E-state index in [2.05, 4.69) is 29.8 Å². The summed E-state index contributed by atoms with van der Waals surface area (Å²) in [5.41, 5.74) is 2.26. The van der Waals surface area contributed by atoms with Crippen LogP contribution >= 0.6 is 23.4 Å². The standard InChI is InChI=1S/C12H12ClN3S/c1-9-5-3-4-6-11(9)16-8-14-15-12(16)17-7-10(2)13/h3-6,8H,2,7H2,1H3. The van der Waals surface area contributed by atoms with Crippen molar-refractivity contribution in [3.8, 4) is 5.69 Å².